The predicted molar refractivity (Wildman–Crippen MR) is 103 cm³/mol. The monoisotopic (exact) mass is 376 g/mol. The number of halogens is 1. The third-order valence-electron chi connectivity index (χ3n) is 5.07. The Hall–Kier alpha value is -1.99. The molecule has 1 aromatic rings. The van der Waals surface area contributed by atoms with Gasteiger partial charge in [0.25, 0.3) is 0 Å². The number of piperazine rings is 1. The fourth-order valence-corrected chi connectivity index (χ4v) is 3.97. The lowest BCUT2D eigenvalue weighted by Gasteiger charge is -2.34. The van der Waals surface area contributed by atoms with Crippen LogP contribution in [-0.2, 0) is 9.59 Å². The van der Waals surface area contributed by atoms with E-state index in [2.05, 4.69) is 20.4 Å². The molecule has 27 heavy (non-hydrogen) atoms. The number of aryl methyl sites for hydroxylation is 1. The van der Waals surface area contributed by atoms with Gasteiger partial charge in [-0.1, -0.05) is 6.07 Å². The number of likely N-dealkylation sites (tertiary alicyclic amines) is 2. The predicted octanol–water partition coefficient (Wildman–Crippen LogP) is 1.75. The number of amides is 2. The first-order valence-corrected chi connectivity index (χ1v) is 9.46. The van der Waals surface area contributed by atoms with Crippen molar-refractivity contribution in [2.75, 3.05) is 31.5 Å². The van der Waals surface area contributed by atoms with Gasteiger partial charge in [-0.25, -0.2) is 4.39 Å². The highest BCUT2D eigenvalue weighted by Crippen LogP contribution is 2.30. The van der Waals surface area contributed by atoms with E-state index in [0.29, 0.717) is 12.6 Å². The van der Waals surface area contributed by atoms with Gasteiger partial charge >= 0.3 is 0 Å². The molecule has 0 saturated carbocycles. The number of nitrogens with zero attached hydrogens (tertiary/aromatic N) is 2. The van der Waals surface area contributed by atoms with Gasteiger partial charge in [0.15, 0.2) is 0 Å². The minimum atomic E-state index is -0.423. The van der Waals surface area contributed by atoms with Crippen molar-refractivity contribution in [1.82, 2.24) is 15.1 Å². The quantitative estimate of drug-likeness (QED) is 0.822. The molecule has 0 radical (unpaired) electrons. The van der Waals surface area contributed by atoms with Crippen molar-refractivity contribution in [2.24, 2.45) is 0 Å². The van der Waals surface area contributed by atoms with Crippen LogP contribution in [0.3, 0.4) is 0 Å². The second-order valence-corrected chi connectivity index (χ2v) is 8.73. The number of carbonyl (C=O) groups excluding carboxylic acids is 2. The van der Waals surface area contributed by atoms with Gasteiger partial charge in [-0.3, -0.25) is 19.4 Å². The van der Waals surface area contributed by atoms with Crippen molar-refractivity contribution in [1.29, 1.82) is 0 Å². The summed E-state index contributed by atoms with van der Waals surface area (Å²) < 4.78 is 13.8. The molecule has 2 bridgehead atoms. The van der Waals surface area contributed by atoms with Crippen LogP contribution in [-0.4, -0.2) is 65.4 Å². The summed E-state index contributed by atoms with van der Waals surface area (Å²) in [6.45, 7) is 9.96. The Morgan fingerprint density at radius 3 is 2.26 bits per heavy atom. The van der Waals surface area contributed by atoms with Crippen LogP contribution in [0.2, 0.25) is 0 Å². The summed E-state index contributed by atoms with van der Waals surface area (Å²) in [5.41, 5.74) is 0.895. The van der Waals surface area contributed by atoms with Gasteiger partial charge in [-0.2, -0.15) is 0 Å². The average Bonchev–Trinajstić information content (AvgIpc) is 3.08. The molecule has 2 aliphatic rings. The molecule has 148 valence electrons. The molecule has 2 saturated heterocycles. The molecule has 1 aromatic carbocycles. The van der Waals surface area contributed by atoms with E-state index in [1.807, 2.05) is 27.7 Å². The van der Waals surface area contributed by atoms with Crippen molar-refractivity contribution in [3.8, 4) is 0 Å². The first-order chi connectivity index (χ1) is 12.6. The maximum atomic E-state index is 13.8. The van der Waals surface area contributed by atoms with Gasteiger partial charge in [0.05, 0.1) is 18.8 Å². The van der Waals surface area contributed by atoms with Gasteiger partial charge in [-0.05, 0) is 51.8 Å². The van der Waals surface area contributed by atoms with E-state index >= 15 is 0 Å². The molecule has 6 nitrogen and oxygen atoms in total. The minimum Gasteiger partial charge on any atom is -0.350 e. The molecule has 0 spiro atoms. The second kappa shape index (κ2) is 7.56. The molecule has 2 N–H and O–H groups in total. The summed E-state index contributed by atoms with van der Waals surface area (Å²) in [4.78, 5) is 28.8. The van der Waals surface area contributed by atoms with E-state index in [9.17, 15) is 14.0 Å². The summed E-state index contributed by atoms with van der Waals surface area (Å²) in [6, 6.07) is 5.24. The Morgan fingerprint density at radius 1 is 1.11 bits per heavy atom. The standard InChI is InChI=1S/C20H29FN4O2/c1-13-5-6-16(21)17(7-13)22-18(26)11-24-9-15-8-14(24)10-25(15)12-19(27)23-20(2,3)4/h5-7,14-15H,8-12H2,1-4H3,(H,22,26)(H,23,27). The number of hydrogen-bond acceptors (Lipinski definition) is 4. The van der Waals surface area contributed by atoms with Crippen LogP contribution >= 0.6 is 0 Å². The minimum absolute atomic E-state index is 0.0364. The molecular weight excluding hydrogens is 347 g/mol. The Kier molecular flexibility index (Phi) is 5.53. The normalized spacial score (nSPS) is 22.9. The number of anilines is 1. The van der Waals surface area contributed by atoms with Crippen LogP contribution in [0.5, 0.6) is 0 Å². The molecule has 2 fully saturated rings. The fraction of sp³-hybridized carbons (Fsp3) is 0.600. The van der Waals surface area contributed by atoms with Crippen LogP contribution in [0.15, 0.2) is 18.2 Å². The van der Waals surface area contributed by atoms with Crippen LogP contribution < -0.4 is 10.6 Å². The summed E-state index contributed by atoms with van der Waals surface area (Å²) in [7, 11) is 0. The molecule has 0 aliphatic carbocycles. The van der Waals surface area contributed by atoms with E-state index in [4.69, 9.17) is 0 Å². The number of carbonyl (C=O) groups is 2. The number of benzene rings is 1. The van der Waals surface area contributed by atoms with Crippen LogP contribution in [0.25, 0.3) is 0 Å². The second-order valence-electron chi connectivity index (χ2n) is 8.73. The lowest BCUT2D eigenvalue weighted by molar-refractivity contribution is -0.124. The van der Waals surface area contributed by atoms with E-state index in [0.717, 1.165) is 25.1 Å². The Balaban J connectivity index is 1.49. The smallest absolute Gasteiger partial charge is 0.238 e. The lowest BCUT2D eigenvalue weighted by Crippen LogP contribution is -2.52. The number of rotatable bonds is 5. The Labute approximate surface area is 160 Å². The van der Waals surface area contributed by atoms with Crippen LogP contribution in [0.1, 0.15) is 32.8 Å². The van der Waals surface area contributed by atoms with E-state index in [1.54, 1.807) is 12.1 Å². The first-order valence-electron chi connectivity index (χ1n) is 9.46. The van der Waals surface area contributed by atoms with Crippen molar-refractivity contribution in [2.45, 2.75) is 51.7 Å². The highest BCUT2D eigenvalue weighted by Gasteiger charge is 2.44. The Bertz CT molecular complexity index is 731. The van der Waals surface area contributed by atoms with Gasteiger partial charge in [0.1, 0.15) is 5.82 Å². The van der Waals surface area contributed by atoms with Crippen molar-refractivity contribution >= 4 is 17.5 Å². The van der Waals surface area contributed by atoms with Crippen LogP contribution in [0.4, 0.5) is 10.1 Å². The molecule has 2 unspecified atom stereocenters. The van der Waals surface area contributed by atoms with Crippen molar-refractivity contribution in [3.63, 3.8) is 0 Å². The van der Waals surface area contributed by atoms with Crippen molar-refractivity contribution in [3.05, 3.63) is 29.6 Å². The molecule has 2 aliphatic heterocycles. The SMILES string of the molecule is Cc1ccc(F)c(NC(=O)CN2CC3CC2CN3CC(=O)NC(C)(C)C)c1. The maximum absolute atomic E-state index is 13.8. The van der Waals surface area contributed by atoms with Gasteiger partial charge in [0.2, 0.25) is 11.8 Å². The zero-order chi connectivity index (χ0) is 19.8. The maximum Gasteiger partial charge on any atom is 0.238 e. The fourth-order valence-electron chi connectivity index (χ4n) is 3.97. The summed E-state index contributed by atoms with van der Waals surface area (Å²) >= 11 is 0. The topological polar surface area (TPSA) is 64.7 Å². The first kappa shape index (κ1) is 19.8. The molecule has 2 atom stereocenters. The van der Waals surface area contributed by atoms with E-state index in [-0.39, 0.29) is 35.6 Å². The zero-order valence-corrected chi connectivity index (χ0v) is 16.5. The number of fused-ring (bicyclic) bond motifs is 2. The third kappa shape index (κ3) is 5.05. The largest absolute Gasteiger partial charge is 0.350 e. The van der Waals surface area contributed by atoms with E-state index < -0.39 is 5.82 Å². The summed E-state index contributed by atoms with van der Waals surface area (Å²) in [5.74, 6) is -0.591. The number of hydrogen-bond donors (Lipinski definition) is 2. The van der Waals surface area contributed by atoms with Gasteiger partial charge in [-0.15, -0.1) is 0 Å². The molecule has 2 heterocycles. The zero-order valence-electron chi connectivity index (χ0n) is 16.5. The Morgan fingerprint density at radius 2 is 1.70 bits per heavy atom. The summed E-state index contributed by atoms with van der Waals surface area (Å²) in [5, 5.41) is 5.67. The van der Waals surface area contributed by atoms with Crippen LogP contribution in [0, 0.1) is 12.7 Å². The van der Waals surface area contributed by atoms with Crippen molar-refractivity contribution < 1.29 is 14.0 Å². The van der Waals surface area contributed by atoms with Gasteiger partial charge in [0, 0.05) is 30.7 Å². The third-order valence-corrected chi connectivity index (χ3v) is 5.07. The molecule has 0 aromatic heterocycles. The lowest BCUT2D eigenvalue weighted by atomic mass is 10.1. The molecule has 3 rings (SSSR count). The summed E-state index contributed by atoms with van der Waals surface area (Å²) in [6.07, 6.45) is 0.967. The highest BCUT2D eigenvalue weighted by molar-refractivity contribution is 5.92. The average molecular weight is 376 g/mol. The highest BCUT2D eigenvalue weighted by atomic mass is 19.1. The van der Waals surface area contributed by atoms with E-state index in [1.165, 1.54) is 6.07 Å². The molecule has 7 heteroatoms. The number of nitrogens with one attached hydrogen (secondary N) is 2. The molecular formula is C20H29FN4O2. The van der Waals surface area contributed by atoms with Gasteiger partial charge < -0.3 is 10.6 Å². The molecule has 2 amide bonds.